The molecule has 0 aliphatic rings. The van der Waals surface area contributed by atoms with Gasteiger partial charge in [-0.3, -0.25) is 0 Å². The van der Waals surface area contributed by atoms with Crippen molar-refractivity contribution in [2.24, 2.45) is 17.8 Å². The van der Waals surface area contributed by atoms with Gasteiger partial charge < -0.3 is 5.11 Å². The maximum Gasteiger partial charge on any atom is 0.0639 e. The molecule has 0 aromatic carbocycles. The highest BCUT2D eigenvalue weighted by atomic mass is 16.3. The predicted molar refractivity (Wildman–Crippen MR) is 90.9 cm³/mol. The SMILES string of the molecule is C=C(CO)CCCC(C)CCCC(C)CCCC(C)C. The smallest absolute Gasteiger partial charge is 0.0639 e. The lowest BCUT2D eigenvalue weighted by molar-refractivity contribution is 0.324. The van der Waals surface area contributed by atoms with Crippen molar-refractivity contribution in [3.05, 3.63) is 12.2 Å². The third-order valence-electron chi connectivity index (χ3n) is 4.32. The van der Waals surface area contributed by atoms with E-state index in [-0.39, 0.29) is 6.61 Å². The monoisotopic (exact) mass is 282 g/mol. The van der Waals surface area contributed by atoms with Crippen molar-refractivity contribution in [1.82, 2.24) is 0 Å². The van der Waals surface area contributed by atoms with Crippen molar-refractivity contribution in [3.63, 3.8) is 0 Å². The van der Waals surface area contributed by atoms with Crippen LogP contribution in [-0.2, 0) is 0 Å². The van der Waals surface area contributed by atoms with E-state index in [1.165, 1.54) is 51.4 Å². The van der Waals surface area contributed by atoms with Crippen molar-refractivity contribution in [3.8, 4) is 0 Å². The summed E-state index contributed by atoms with van der Waals surface area (Å²) in [6, 6.07) is 0. The highest BCUT2D eigenvalue weighted by Gasteiger charge is 2.06. The van der Waals surface area contributed by atoms with Gasteiger partial charge >= 0.3 is 0 Å². The van der Waals surface area contributed by atoms with Crippen LogP contribution in [0.5, 0.6) is 0 Å². The maximum absolute atomic E-state index is 8.91. The average Bonchev–Trinajstić information content (AvgIpc) is 2.38. The van der Waals surface area contributed by atoms with E-state index >= 15 is 0 Å². The zero-order valence-corrected chi connectivity index (χ0v) is 14.5. The highest BCUT2D eigenvalue weighted by molar-refractivity contribution is 4.92. The van der Waals surface area contributed by atoms with Gasteiger partial charge in [0.2, 0.25) is 0 Å². The number of hydrogen-bond acceptors (Lipinski definition) is 1. The van der Waals surface area contributed by atoms with E-state index in [4.69, 9.17) is 5.11 Å². The molecule has 0 aromatic rings. The van der Waals surface area contributed by atoms with Crippen LogP contribution in [0.15, 0.2) is 12.2 Å². The Morgan fingerprint density at radius 1 is 0.800 bits per heavy atom. The van der Waals surface area contributed by atoms with Crippen molar-refractivity contribution in [2.75, 3.05) is 6.61 Å². The van der Waals surface area contributed by atoms with Gasteiger partial charge in [0.05, 0.1) is 6.61 Å². The summed E-state index contributed by atoms with van der Waals surface area (Å²) in [5.41, 5.74) is 0.982. The Morgan fingerprint density at radius 2 is 1.25 bits per heavy atom. The van der Waals surface area contributed by atoms with Crippen LogP contribution in [0.2, 0.25) is 0 Å². The molecule has 0 aromatic heterocycles. The maximum atomic E-state index is 8.91. The third-order valence-corrected chi connectivity index (χ3v) is 4.32. The van der Waals surface area contributed by atoms with Crippen LogP contribution < -0.4 is 0 Å². The van der Waals surface area contributed by atoms with Crippen LogP contribution >= 0.6 is 0 Å². The van der Waals surface area contributed by atoms with E-state index in [1.807, 2.05) is 0 Å². The predicted octanol–water partition coefficient (Wildman–Crippen LogP) is 5.97. The summed E-state index contributed by atoms with van der Waals surface area (Å²) in [6.45, 7) is 13.4. The lowest BCUT2D eigenvalue weighted by Crippen LogP contribution is -2.00. The van der Waals surface area contributed by atoms with E-state index in [1.54, 1.807) is 0 Å². The summed E-state index contributed by atoms with van der Waals surface area (Å²) in [4.78, 5) is 0. The minimum atomic E-state index is 0.155. The molecule has 0 radical (unpaired) electrons. The Kier molecular flexibility index (Phi) is 12.3. The van der Waals surface area contributed by atoms with Crippen LogP contribution in [0, 0.1) is 17.8 Å². The first-order valence-electron chi connectivity index (χ1n) is 8.73. The fraction of sp³-hybridized carbons (Fsp3) is 0.895. The molecule has 1 N–H and O–H groups in total. The van der Waals surface area contributed by atoms with Gasteiger partial charge in [0.15, 0.2) is 0 Å². The molecule has 0 aliphatic carbocycles. The first-order chi connectivity index (χ1) is 9.45. The van der Waals surface area contributed by atoms with Gasteiger partial charge in [0, 0.05) is 0 Å². The molecule has 0 bridgehead atoms. The number of aliphatic hydroxyl groups is 1. The van der Waals surface area contributed by atoms with Gasteiger partial charge in [-0.1, -0.05) is 84.8 Å². The zero-order chi connectivity index (χ0) is 15.4. The molecule has 0 saturated heterocycles. The van der Waals surface area contributed by atoms with E-state index in [0.29, 0.717) is 0 Å². The normalized spacial score (nSPS) is 14.5. The van der Waals surface area contributed by atoms with Crippen molar-refractivity contribution in [1.29, 1.82) is 0 Å². The molecule has 0 saturated carbocycles. The summed E-state index contributed by atoms with van der Waals surface area (Å²) in [5.74, 6) is 2.58. The van der Waals surface area contributed by atoms with Crippen LogP contribution in [-0.4, -0.2) is 11.7 Å². The Bertz CT molecular complexity index is 232. The Labute approximate surface area is 127 Å². The van der Waals surface area contributed by atoms with Gasteiger partial charge in [-0.2, -0.15) is 0 Å². The molecule has 1 nitrogen and oxygen atoms in total. The summed E-state index contributed by atoms with van der Waals surface area (Å²) in [5, 5.41) is 8.91. The first kappa shape index (κ1) is 19.7. The molecule has 0 rings (SSSR count). The molecular weight excluding hydrogens is 244 g/mol. The van der Waals surface area contributed by atoms with Gasteiger partial charge in [0.1, 0.15) is 0 Å². The van der Waals surface area contributed by atoms with Crippen LogP contribution in [0.4, 0.5) is 0 Å². The minimum absolute atomic E-state index is 0.155. The van der Waals surface area contributed by atoms with Crippen molar-refractivity contribution < 1.29 is 5.11 Å². The second kappa shape index (κ2) is 12.4. The molecule has 1 heteroatoms. The number of rotatable bonds is 13. The molecule has 0 heterocycles. The standard InChI is InChI=1S/C19H38O/c1-16(2)9-6-10-17(3)11-7-12-18(4)13-8-14-19(5)15-20/h16-18,20H,5-15H2,1-4H3. The van der Waals surface area contributed by atoms with Gasteiger partial charge in [-0.25, -0.2) is 0 Å². The summed E-state index contributed by atoms with van der Waals surface area (Å²) in [6.07, 6.45) is 11.8. The summed E-state index contributed by atoms with van der Waals surface area (Å²) < 4.78 is 0. The van der Waals surface area contributed by atoms with Gasteiger partial charge in [-0.15, -0.1) is 0 Å². The second-order valence-electron chi connectivity index (χ2n) is 7.27. The number of hydrogen-bond donors (Lipinski definition) is 1. The molecule has 120 valence electrons. The third kappa shape index (κ3) is 12.7. The average molecular weight is 283 g/mol. The highest BCUT2D eigenvalue weighted by Crippen LogP contribution is 2.21. The first-order valence-corrected chi connectivity index (χ1v) is 8.73. The lowest BCUT2D eigenvalue weighted by Gasteiger charge is -2.15. The Balaban J connectivity index is 3.45. The molecule has 0 aliphatic heterocycles. The van der Waals surface area contributed by atoms with E-state index in [0.717, 1.165) is 29.7 Å². The van der Waals surface area contributed by atoms with Crippen LogP contribution in [0.1, 0.15) is 85.5 Å². The molecule has 0 spiro atoms. The molecule has 2 unspecified atom stereocenters. The van der Waals surface area contributed by atoms with Gasteiger partial charge in [0.25, 0.3) is 0 Å². The van der Waals surface area contributed by atoms with Gasteiger partial charge in [-0.05, 0) is 30.6 Å². The van der Waals surface area contributed by atoms with Crippen LogP contribution in [0.25, 0.3) is 0 Å². The van der Waals surface area contributed by atoms with E-state index < -0.39 is 0 Å². The molecule has 0 fully saturated rings. The lowest BCUT2D eigenvalue weighted by atomic mass is 9.91. The molecular formula is C19H38O. The van der Waals surface area contributed by atoms with E-state index in [2.05, 4.69) is 34.3 Å². The Hall–Kier alpha value is -0.300. The largest absolute Gasteiger partial charge is 0.392 e. The van der Waals surface area contributed by atoms with Crippen molar-refractivity contribution in [2.45, 2.75) is 85.5 Å². The minimum Gasteiger partial charge on any atom is -0.392 e. The summed E-state index contributed by atoms with van der Waals surface area (Å²) >= 11 is 0. The van der Waals surface area contributed by atoms with Crippen molar-refractivity contribution >= 4 is 0 Å². The zero-order valence-electron chi connectivity index (χ0n) is 14.5. The Morgan fingerprint density at radius 3 is 1.70 bits per heavy atom. The quantitative estimate of drug-likeness (QED) is 0.412. The molecule has 20 heavy (non-hydrogen) atoms. The fourth-order valence-electron chi connectivity index (χ4n) is 2.76. The molecule has 0 amide bonds. The molecule has 2 atom stereocenters. The summed E-state index contributed by atoms with van der Waals surface area (Å²) in [7, 11) is 0. The fourth-order valence-corrected chi connectivity index (χ4v) is 2.76. The van der Waals surface area contributed by atoms with Crippen LogP contribution in [0.3, 0.4) is 0 Å². The number of aliphatic hydroxyl groups excluding tert-OH is 1. The second-order valence-corrected chi connectivity index (χ2v) is 7.27. The van der Waals surface area contributed by atoms with E-state index in [9.17, 15) is 0 Å². The topological polar surface area (TPSA) is 20.2 Å².